The number of methoxy groups -OCH3 is 1. The molecule has 0 aliphatic heterocycles. The predicted octanol–water partition coefficient (Wildman–Crippen LogP) is 5.19. The van der Waals surface area contributed by atoms with Crippen LogP contribution in [0.1, 0.15) is 62.5 Å². The van der Waals surface area contributed by atoms with E-state index in [0.29, 0.717) is 28.0 Å². The topological polar surface area (TPSA) is 151 Å². The van der Waals surface area contributed by atoms with Crippen molar-refractivity contribution in [2.45, 2.75) is 44.6 Å². The molecule has 46 heavy (non-hydrogen) atoms. The first kappa shape index (κ1) is 34.1. The number of ether oxygens (including phenoxy) is 3. The van der Waals surface area contributed by atoms with Gasteiger partial charge in [-0.05, 0) is 63.6 Å². The van der Waals surface area contributed by atoms with E-state index in [2.05, 4.69) is 20.8 Å². The number of carbonyl (C=O) groups is 4. The van der Waals surface area contributed by atoms with Crippen LogP contribution in [-0.2, 0) is 20.8 Å². The summed E-state index contributed by atoms with van der Waals surface area (Å²) in [6, 6.07) is 12.4. The van der Waals surface area contributed by atoms with Gasteiger partial charge in [-0.1, -0.05) is 30.0 Å². The molecular formula is C31H32FN5O7S2. The number of esters is 2. The van der Waals surface area contributed by atoms with Crippen LogP contribution in [-0.4, -0.2) is 64.1 Å². The Labute approximate surface area is 272 Å². The fourth-order valence-corrected chi connectivity index (χ4v) is 6.28. The average molecular weight is 670 g/mol. The summed E-state index contributed by atoms with van der Waals surface area (Å²) in [6.45, 7) is 6.73. The van der Waals surface area contributed by atoms with Gasteiger partial charge in [0, 0.05) is 5.56 Å². The van der Waals surface area contributed by atoms with Crippen LogP contribution in [0.3, 0.4) is 0 Å². The van der Waals surface area contributed by atoms with Gasteiger partial charge in [0.15, 0.2) is 11.0 Å². The molecule has 2 aromatic heterocycles. The van der Waals surface area contributed by atoms with Crippen molar-refractivity contribution in [1.82, 2.24) is 20.1 Å². The zero-order valence-electron chi connectivity index (χ0n) is 25.7. The third-order valence-corrected chi connectivity index (χ3v) is 8.73. The van der Waals surface area contributed by atoms with Gasteiger partial charge in [0.2, 0.25) is 5.91 Å². The molecule has 0 bridgehead atoms. The maximum Gasteiger partial charge on any atom is 0.348 e. The lowest BCUT2D eigenvalue weighted by Gasteiger charge is -2.16. The van der Waals surface area contributed by atoms with Gasteiger partial charge < -0.3 is 24.8 Å². The fraction of sp³-hybridized carbons (Fsp3) is 0.290. The van der Waals surface area contributed by atoms with Crippen molar-refractivity contribution < 1.29 is 37.8 Å². The molecule has 4 rings (SSSR count). The zero-order chi connectivity index (χ0) is 33.4. The maximum absolute atomic E-state index is 13.7. The van der Waals surface area contributed by atoms with Crippen LogP contribution in [0.5, 0.6) is 5.75 Å². The van der Waals surface area contributed by atoms with Crippen LogP contribution in [0.2, 0.25) is 0 Å². The van der Waals surface area contributed by atoms with E-state index >= 15 is 0 Å². The van der Waals surface area contributed by atoms with Crippen molar-refractivity contribution in [3.63, 3.8) is 0 Å². The van der Waals surface area contributed by atoms with Gasteiger partial charge in [0.05, 0.1) is 43.4 Å². The van der Waals surface area contributed by atoms with Gasteiger partial charge in [0.1, 0.15) is 21.4 Å². The number of halogens is 1. The van der Waals surface area contributed by atoms with Crippen LogP contribution < -0.4 is 15.4 Å². The number of nitrogens with zero attached hydrogens (tertiary/aromatic N) is 3. The molecule has 15 heteroatoms. The number of amides is 2. The number of carbonyl (C=O) groups excluding carboxylic acids is 4. The van der Waals surface area contributed by atoms with E-state index in [0.717, 1.165) is 29.2 Å². The smallest absolute Gasteiger partial charge is 0.348 e. The third-order valence-electron chi connectivity index (χ3n) is 6.50. The van der Waals surface area contributed by atoms with E-state index in [-0.39, 0.29) is 40.8 Å². The summed E-state index contributed by atoms with van der Waals surface area (Å²) in [5.74, 6) is -2.02. The predicted molar refractivity (Wildman–Crippen MR) is 170 cm³/mol. The largest absolute Gasteiger partial charge is 0.495 e. The zero-order valence-corrected chi connectivity index (χ0v) is 27.3. The lowest BCUT2D eigenvalue weighted by molar-refractivity contribution is -0.115. The van der Waals surface area contributed by atoms with Gasteiger partial charge in [-0.2, -0.15) is 0 Å². The van der Waals surface area contributed by atoms with Gasteiger partial charge in [0.25, 0.3) is 5.91 Å². The van der Waals surface area contributed by atoms with Crippen LogP contribution in [0, 0.1) is 12.7 Å². The lowest BCUT2D eigenvalue weighted by atomic mass is 10.1. The van der Waals surface area contributed by atoms with E-state index in [4.69, 9.17) is 14.2 Å². The summed E-state index contributed by atoms with van der Waals surface area (Å²) in [6.07, 6.45) is 0. The number of hydrogen-bond acceptors (Lipinski definition) is 11. The van der Waals surface area contributed by atoms with Crippen LogP contribution in [0.4, 0.5) is 9.39 Å². The first-order valence-electron chi connectivity index (χ1n) is 14.2. The third kappa shape index (κ3) is 7.72. The summed E-state index contributed by atoms with van der Waals surface area (Å²) in [7, 11) is 1.51. The highest BCUT2D eigenvalue weighted by Crippen LogP contribution is 2.36. The lowest BCUT2D eigenvalue weighted by Crippen LogP contribution is -2.25. The van der Waals surface area contributed by atoms with Gasteiger partial charge in [-0.3, -0.25) is 14.2 Å². The Morgan fingerprint density at radius 3 is 2.43 bits per heavy atom. The summed E-state index contributed by atoms with van der Waals surface area (Å²) in [5.41, 5.74) is 1.12. The normalized spacial score (nSPS) is 11.4. The number of rotatable bonds is 13. The molecule has 12 nitrogen and oxygen atoms in total. The summed E-state index contributed by atoms with van der Waals surface area (Å²) in [5, 5.41) is 13.7. The molecule has 0 radical (unpaired) electrons. The molecule has 0 saturated carbocycles. The van der Waals surface area contributed by atoms with Crippen molar-refractivity contribution in [3.05, 3.63) is 81.7 Å². The van der Waals surface area contributed by atoms with E-state index in [1.54, 1.807) is 56.5 Å². The minimum Gasteiger partial charge on any atom is -0.495 e. The highest BCUT2D eigenvalue weighted by atomic mass is 32.2. The molecule has 0 fully saturated rings. The molecule has 1 atom stereocenters. The van der Waals surface area contributed by atoms with Crippen molar-refractivity contribution in [3.8, 4) is 11.4 Å². The molecule has 2 amide bonds. The van der Waals surface area contributed by atoms with Crippen molar-refractivity contribution >= 4 is 51.9 Å². The molecule has 0 saturated heterocycles. The maximum atomic E-state index is 13.7. The number of para-hydroxylation sites is 2. The highest BCUT2D eigenvalue weighted by molar-refractivity contribution is 8.00. The molecule has 0 aliphatic rings. The van der Waals surface area contributed by atoms with E-state index in [9.17, 15) is 23.6 Å². The van der Waals surface area contributed by atoms with Gasteiger partial charge in [-0.15, -0.1) is 21.5 Å². The Morgan fingerprint density at radius 2 is 1.74 bits per heavy atom. The minimum absolute atomic E-state index is 0.0739. The van der Waals surface area contributed by atoms with Gasteiger partial charge >= 0.3 is 11.9 Å². The molecule has 2 aromatic carbocycles. The molecule has 2 N–H and O–H groups in total. The Bertz CT molecular complexity index is 1760. The van der Waals surface area contributed by atoms with E-state index in [1.165, 1.54) is 25.3 Å². The number of aromatic nitrogens is 3. The molecule has 242 valence electrons. The molecule has 0 unspecified atom stereocenters. The minimum atomic E-state index is -0.782. The number of nitrogens with one attached hydrogen (secondary N) is 2. The number of thiophene rings is 1. The second-order valence-corrected chi connectivity index (χ2v) is 11.9. The SMILES string of the molecule is CCOC(=O)c1sc(NC(=O)[C@H](C)Sc2nnc(CNC(=O)c3cccc(F)c3)n2-c2ccccc2OC)c(C(=O)OCC)c1C. The van der Waals surface area contributed by atoms with E-state index in [1.807, 2.05) is 0 Å². The first-order valence-corrected chi connectivity index (χ1v) is 15.9. The Hall–Kier alpha value is -4.76. The van der Waals surface area contributed by atoms with Crippen molar-refractivity contribution in [2.24, 2.45) is 0 Å². The quantitative estimate of drug-likeness (QED) is 0.144. The number of hydrogen-bond donors (Lipinski definition) is 2. The first-order chi connectivity index (χ1) is 22.1. The molecule has 2 heterocycles. The van der Waals surface area contributed by atoms with Crippen molar-refractivity contribution in [1.29, 1.82) is 0 Å². The second-order valence-electron chi connectivity index (χ2n) is 9.55. The second kappa shape index (κ2) is 15.5. The Morgan fingerprint density at radius 1 is 1.02 bits per heavy atom. The summed E-state index contributed by atoms with van der Waals surface area (Å²) >= 11 is 2.00. The standard InChI is InChI=1S/C31H32FN5O7S2/c1-6-43-29(40)24-17(3)25(30(41)44-7-2)46-28(24)34-26(38)18(4)45-31-36-35-23(37(31)21-13-8-9-14-22(21)42-5)16-33-27(39)19-11-10-12-20(32)15-19/h8-15,18H,6-7,16H2,1-5H3,(H,33,39)(H,34,38)/t18-/m0/s1. The Kier molecular flexibility index (Phi) is 11.5. The highest BCUT2D eigenvalue weighted by Gasteiger charge is 2.29. The van der Waals surface area contributed by atoms with Crippen LogP contribution in [0.15, 0.2) is 53.7 Å². The number of thioether (sulfide) groups is 1. The van der Waals surface area contributed by atoms with Crippen LogP contribution in [0.25, 0.3) is 5.69 Å². The van der Waals surface area contributed by atoms with E-state index < -0.39 is 34.8 Å². The van der Waals surface area contributed by atoms with Gasteiger partial charge in [-0.25, -0.2) is 14.0 Å². The summed E-state index contributed by atoms with van der Waals surface area (Å²) in [4.78, 5) is 51.7. The van der Waals surface area contributed by atoms with Crippen LogP contribution >= 0.6 is 23.1 Å². The molecule has 0 spiro atoms. The Balaban J connectivity index is 1.62. The molecule has 0 aliphatic carbocycles. The fourth-order valence-electron chi connectivity index (χ4n) is 4.31. The number of benzene rings is 2. The molecular weight excluding hydrogens is 638 g/mol. The number of anilines is 1. The monoisotopic (exact) mass is 669 g/mol. The van der Waals surface area contributed by atoms with Crippen molar-refractivity contribution in [2.75, 3.05) is 25.6 Å². The summed E-state index contributed by atoms with van der Waals surface area (Å²) < 4.78 is 31.2. The molecule has 4 aromatic rings. The average Bonchev–Trinajstić information content (AvgIpc) is 3.59.